The maximum absolute atomic E-state index is 13.2. The number of halogens is 2. The summed E-state index contributed by atoms with van der Waals surface area (Å²) in [5.74, 6) is -0.554. The number of hydrogen-bond donors (Lipinski definition) is 0. The number of carbonyl (C=O) groups excluding carboxylic acids is 1. The Labute approximate surface area is 117 Å². The first kappa shape index (κ1) is 14.3. The van der Waals surface area contributed by atoms with E-state index >= 15 is 0 Å². The van der Waals surface area contributed by atoms with Gasteiger partial charge in [-0.25, -0.2) is 4.39 Å². The maximum Gasteiger partial charge on any atom is 0.309 e. The van der Waals surface area contributed by atoms with Gasteiger partial charge >= 0.3 is 5.97 Å². The smallest absolute Gasteiger partial charge is 0.309 e. The molecule has 0 spiro atoms. The third-order valence-corrected chi connectivity index (χ3v) is 3.81. The predicted molar refractivity (Wildman–Crippen MR) is 71.4 cm³/mol. The van der Waals surface area contributed by atoms with Crippen LogP contribution in [0.3, 0.4) is 0 Å². The van der Waals surface area contributed by atoms with Gasteiger partial charge in [-0.3, -0.25) is 9.69 Å². The fourth-order valence-electron chi connectivity index (χ4n) is 2.46. The lowest BCUT2D eigenvalue weighted by molar-refractivity contribution is -0.147. The SMILES string of the molecule is COC(=O)[C@H]1CCCN(Cc2cc(F)ccc2Cl)C1. The molecule has 1 saturated heterocycles. The van der Waals surface area contributed by atoms with Crippen LogP contribution in [0.15, 0.2) is 18.2 Å². The molecule has 1 heterocycles. The minimum atomic E-state index is -0.291. The highest BCUT2D eigenvalue weighted by molar-refractivity contribution is 6.31. The van der Waals surface area contributed by atoms with Gasteiger partial charge in [0.15, 0.2) is 0 Å². The molecule has 0 aliphatic carbocycles. The number of methoxy groups -OCH3 is 1. The number of nitrogens with zero attached hydrogens (tertiary/aromatic N) is 1. The maximum atomic E-state index is 13.2. The number of piperidine rings is 1. The lowest BCUT2D eigenvalue weighted by atomic mass is 9.98. The quantitative estimate of drug-likeness (QED) is 0.800. The number of likely N-dealkylation sites (tertiary alicyclic amines) is 1. The Hall–Kier alpha value is -1.13. The van der Waals surface area contributed by atoms with Crippen molar-refractivity contribution in [1.29, 1.82) is 0 Å². The van der Waals surface area contributed by atoms with Gasteiger partial charge in [-0.1, -0.05) is 11.6 Å². The van der Waals surface area contributed by atoms with Crippen LogP contribution >= 0.6 is 11.6 Å². The number of ether oxygens (including phenoxy) is 1. The molecule has 1 aliphatic rings. The van der Waals surface area contributed by atoms with Gasteiger partial charge in [0.25, 0.3) is 0 Å². The van der Waals surface area contributed by atoms with Gasteiger partial charge < -0.3 is 4.74 Å². The molecule has 2 rings (SSSR count). The summed E-state index contributed by atoms with van der Waals surface area (Å²) in [6.45, 7) is 2.09. The largest absolute Gasteiger partial charge is 0.469 e. The summed E-state index contributed by atoms with van der Waals surface area (Å²) < 4.78 is 18.0. The first-order chi connectivity index (χ1) is 9.10. The van der Waals surface area contributed by atoms with Crippen molar-refractivity contribution >= 4 is 17.6 Å². The van der Waals surface area contributed by atoms with E-state index in [-0.39, 0.29) is 17.7 Å². The van der Waals surface area contributed by atoms with E-state index in [1.54, 1.807) is 6.07 Å². The molecule has 0 saturated carbocycles. The van der Waals surface area contributed by atoms with Gasteiger partial charge in [-0.2, -0.15) is 0 Å². The molecule has 0 aromatic heterocycles. The van der Waals surface area contributed by atoms with Crippen molar-refractivity contribution in [2.24, 2.45) is 5.92 Å². The van der Waals surface area contributed by atoms with Crippen LogP contribution in [0.2, 0.25) is 5.02 Å². The first-order valence-electron chi connectivity index (χ1n) is 6.34. The van der Waals surface area contributed by atoms with Crippen molar-refractivity contribution in [2.75, 3.05) is 20.2 Å². The Kier molecular flexibility index (Phi) is 4.77. The summed E-state index contributed by atoms with van der Waals surface area (Å²) in [7, 11) is 1.41. The molecule has 3 nitrogen and oxygen atoms in total. The Morgan fingerprint density at radius 3 is 3.11 bits per heavy atom. The van der Waals surface area contributed by atoms with Gasteiger partial charge in [0, 0.05) is 18.1 Å². The van der Waals surface area contributed by atoms with Gasteiger partial charge in [0.1, 0.15) is 5.82 Å². The van der Waals surface area contributed by atoms with Crippen molar-refractivity contribution in [3.8, 4) is 0 Å². The number of esters is 1. The predicted octanol–water partition coefficient (Wildman–Crippen LogP) is 2.86. The summed E-state index contributed by atoms with van der Waals surface area (Å²) in [6.07, 6.45) is 1.78. The molecule has 1 aliphatic heterocycles. The highest BCUT2D eigenvalue weighted by atomic mass is 35.5. The van der Waals surface area contributed by atoms with Crippen molar-refractivity contribution in [1.82, 2.24) is 4.90 Å². The minimum absolute atomic E-state index is 0.0916. The van der Waals surface area contributed by atoms with E-state index in [1.807, 2.05) is 0 Å². The van der Waals surface area contributed by atoms with E-state index in [9.17, 15) is 9.18 Å². The van der Waals surface area contributed by atoms with Crippen LogP contribution < -0.4 is 0 Å². The number of carbonyl (C=O) groups is 1. The highest BCUT2D eigenvalue weighted by Gasteiger charge is 2.26. The van der Waals surface area contributed by atoms with Crippen LogP contribution in [0.25, 0.3) is 0 Å². The topological polar surface area (TPSA) is 29.5 Å². The third-order valence-electron chi connectivity index (χ3n) is 3.44. The fraction of sp³-hybridized carbons (Fsp3) is 0.500. The lowest BCUT2D eigenvalue weighted by Crippen LogP contribution is -2.38. The zero-order chi connectivity index (χ0) is 13.8. The lowest BCUT2D eigenvalue weighted by Gasteiger charge is -2.31. The van der Waals surface area contributed by atoms with Crippen molar-refractivity contribution in [2.45, 2.75) is 19.4 Å². The molecule has 104 valence electrons. The second-order valence-corrected chi connectivity index (χ2v) is 5.24. The van der Waals surface area contributed by atoms with E-state index in [0.29, 0.717) is 18.1 Å². The molecular formula is C14H17ClFNO2. The van der Waals surface area contributed by atoms with E-state index in [1.165, 1.54) is 19.2 Å². The van der Waals surface area contributed by atoms with Gasteiger partial charge in [0.05, 0.1) is 13.0 Å². The van der Waals surface area contributed by atoms with Gasteiger partial charge in [-0.15, -0.1) is 0 Å². The van der Waals surface area contributed by atoms with Crippen molar-refractivity contribution in [3.05, 3.63) is 34.6 Å². The van der Waals surface area contributed by atoms with Crippen LogP contribution in [-0.2, 0) is 16.1 Å². The van der Waals surface area contributed by atoms with Crippen molar-refractivity contribution < 1.29 is 13.9 Å². The molecule has 19 heavy (non-hydrogen) atoms. The average molecular weight is 286 g/mol. The Morgan fingerprint density at radius 2 is 2.37 bits per heavy atom. The van der Waals surface area contributed by atoms with Crippen LogP contribution in [0.4, 0.5) is 4.39 Å². The molecule has 1 aromatic rings. The highest BCUT2D eigenvalue weighted by Crippen LogP contribution is 2.23. The zero-order valence-electron chi connectivity index (χ0n) is 10.9. The molecular weight excluding hydrogens is 269 g/mol. The molecule has 1 fully saturated rings. The number of rotatable bonds is 3. The van der Waals surface area contributed by atoms with E-state index in [0.717, 1.165) is 24.9 Å². The minimum Gasteiger partial charge on any atom is -0.469 e. The zero-order valence-corrected chi connectivity index (χ0v) is 11.6. The summed E-state index contributed by atoms with van der Waals surface area (Å²) in [4.78, 5) is 13.7. The summed E-state index contributed by atoms with van der Waals surface area (Å²) in [5.41, 5.74) is 0.757. The number of benzene rings is 1. The van der Waals surface area contributed by atoms with E-state index < -0.39 is 0 Å². The molecule has 0 N–H and O–H groups in total. The summed E-state index contributed by atoms with van der Waals surface area (Å²) >= 11 is 6.06. The molecule has 1 atom stereocenters. The van der Waals surface area contributed by atoms with E-state index in [4.69, 9.17) is 16.3 Å². The standard InChI is InChI=1S/C14H17ClFNO2/c1-19-14(18)10-3-2-6-17(8-10)9-11-7-12(16)4-5-13(11)15/h4-5,7,10H,2-3,6,8-9H2,1H3/t10-/m0/s1. The van der Waals surface area contributed by atoms with E-state index in [2.05, 4.69) is 4.90 Å². The molecule has 0 bridgehead atoms. The molecule has 1 aromatic carbocycles. The second-order valence-electron chi connectivity index (χ2n) is 4.83. The summed E-state index contributed by atoms with van der Waals surface area (Å²) in [6, 6.07) is 4.36. The third kappa shape index (κ3) is 3.67. The molecule has 0 radical (unpaired) electrons. The fourth-order valence-corrected chi connectivity index (χ4v) is 2.64. The van der Waals surface area contributed by atoms with Crippen LogP contribution in [0.1, 0.15) is 18.4 Å². The Bertz CT molecular complexity index is 467. The first-order valence-corrected chi connectivity index (χ1v) is 6.72. The Balaban J connectivity index is 2.02. The van der Waals surface area contributed by atoms with Crippen LogP contribution in [-0.4, -0.2) is 31.1 Å². The number of hydrogen-bond acceptors (Lipinski definition) is 3. The average Bonchev–Trinajstić information content (AvgIpc) is 2.42. The normalized spacial score (nSPS) is 20.3. The molecule has 5 heteroatoms. The molecule has 0 unspecified atom stereocenters. The van der Waals surface area contributed by atoms with Crippen LogP contribution in [0, 0.1) is 11.7 Å². The van der Waals surface area contributed by atoms with Crippen LogP contribution in [0.5, 0.6) is 0 Å². The Morgan fingerprint density at radius 1 is 1.58 bits per heavy atom. The second kappa shape index (κ2) is 6.35. The van der Waals surface area contributed by atoms with Gasteiger partial charge in [0.2, 0.25) is 0 Å². The van der Waals surface area contributed by atoms with Crippen molar-refractivity contribution in [3.63, 3.8) is 0 Å². The summed E-state index contributed by atoms with van der Waals surface area (Å²) in [5, 5.41) is 0.557. The van der Waals surface area contributed by atoms with Gasteiger partial charge in [-0.05, 0) is 43.1 Å². The molecule has 0 amide bonds. The monoisotopic (exact) mass is 285 g/mol.